The Morgan fingerprint density at radius 2 is 2.12 bits per heavy atom. The van der Waals surface area contributed by atoms with Crippen LogP contribution >= 0.6 is 0 Å². The summed E-state index contributed by atoms with van der Waals surface area (Å²) in [5, 5.41) is 5.31. The Morgan fingerprint density at radius 1 is 1.28 bits per heavy atom. The van der Waals surface area contributed by atoms with Crippen molar-refractivity contribution in [1.82, 2.24) is 10.3 Å². The van der Waals surface area contributed by atoms with Crippen molar-refractivity contribution in [3.05, 3.63) is 42.1 Å². The summed E-state index contributed by atoms with van der Waals surface area (Å²) in [4.78, 5) is 28.9. The molecule has 25 heavy (non-hydrogen) atoms. The first-order valence-corrected chi connectivity index (χ1v) is 7.68. The van der Waals surface area contributed by atoms with Crippen LogP contribution in [0.2, 0.25) is 0 Å². The van der Waals surface area contributed by atoms with Crippen LogP contribution in [-0.4, -0.2) is 29.2 Å². The molecule has 0 spiro atoms. The summed E-state index contributed by atoms with van der Waals surface area (Å²) in [6.45, 7) is 1.83. The Morgan fingerprint density at radius 3 is 3.00 bits per heavy atom. The third-order valence-corrected chi connectivity index (χ3v) is 4.07. The van der Waals surface area contributed by atoms with Gasteiger partial charge in [-0.3, -0.25) is 9.59 Å². The van der Waals surface area contributed by atoms with Crippen molar-refractivity contribution in [2.45, 2.75) is 19.1 Å². The third-order valence-electron chi connectivity index (χ3n) is 4.07. The number of rotatable bonds is 3. The predicted octanol–water partition coefficient (Wildman–Crippen LogP) is 1.22. The molecule has 0 saturated carbocycles. The maximum atomic E-state index is 12.6. The van der Waals surface area contributed by atoms with E-state index in [9.17, 15) is 9.59 Å². The summed E-state index contributed by atoms with van der Waals surface area (Å²) in [5.41, 5.74) is -0.855. The van der Waals surface area contributed by atoms with Crippen LogP contribution in [0.15, 0.2) is 36.5 Å². The number of hydrogen-bond donors (Lipinski definition) is 2. The van der Waals surface area contributed by atoms with Crippen LogP contribution in [-0.2, 0) is 16.1 Å². The highest BCUT2D eigenvalue weighted by atomic mass is 16.7. The Bertz CT molecular complexity index is 869. The number of ether oxygens (including phenoxy) is 3. The van der Waals surface area contributed by atoms with E-state index in [1.54, 1.807) is 24.3 Å². The first kappa shape index (κ1) is 15.3. The number of nitrogens with zero attached hydrogens (tertiary/aromatic N) is 1. The van der Waals surface area contributed by atoms with E-state index < -0.39 is 17.4 Å². The number of aromatic nitrogens is 1. The van der Waals surface area contributed by atoms with Crippen molar-refractivity contribution in [2.24, 2.45) is 0 Å². The molecule has 0 radical (unpaired) electrons. The molecule has 2 aliphatic heterocycles. The monoisotopic (exact) mass is 341 g/mol. The van der Waals surface area contributed by atoms with E-state index in [0.29, 0.717) is 23.1 Å². The number of nitrogens with one attached hydrogen (secondary N) is 2. The molecule has 0 fully saturated rings. The maximum Gasteiger partial charge on any atom is 0.279 e. The number of fused-ring (bicyclic) bond motifs is 2. The highest BCUT2D eigenvalue weighted by Gasteiger charge is 2.47. The van der Waals surface area contributed by atoms with Crippen molar-refractivity contribution in [1.29, 1.82) is 0 Å². The summed E-state index contributed by atoms with van der Waals surface area (Å²) in [7, 11) is 0. The standard InChI is InChI=1S/C17H15N3O5/c1-17(16(22)20-14-12(25-17)3-2-6-18-14)15(21)19-8-10-4-5-11-13(7-10)24-9-23-11/h2-7H,8-9H2,1H3,(H,19,21)(H,18,20,22)/t17-/m0/s1. The molecule has 128 valence electrons. The van der Waals surface area contributed by atoms with Crippen LogP contribution in [0.25, 0.3) is 0 Å². The Hall–Kier alpha value is -3.29. The fraction of sp³-hybridized carbons (Fsp3) is 0.235. The van der Waals surface area contributed by atoms with Gasteiger partial charge in [-0.2, -0.15) is 0 Å². The second kappa shape index (κ2) is 5.66. The van der Waals surface area contributed by atoms with Crippen LogP contribution in [0.4, 0.5) is 5.82 Å². The lowest BCUT2D eigenvalue weighted by molar-refractivity contribution is -0.146. The zero-order valence-electron chi connectivity index (χ0n) is 13.4. The average molecular weight is 341 g/mol. The van der Waals surface area contributed by atoms with E-state index in [1.165, 1.54) is 13.1 Å². The summed E-state index contributed by atoms with van der Waals surface area (Å²) in [6.07, 6.45) is 1.53. The highest BCUT2D eigenvalue weighted by Crippen LogP contribution is 2.33. The summed E-state index contributed by atoms with van der Waals surface area (Å²) >= 11 is 0. The van der Waals surface area contributed by atoms with Crippen molar-refractivity contribution in [3.63, 3.8) is 0 Å². The molecule has 3 heterocycles. The first-order valence-electron chi connectivity index (χ1n) is 7.68. The summed E-state index contributed by atoms with van der Waals surface area (Å²) in [6, 6.07) is 8.69. The molecule has 0 bridgehead atoms. The lowest BCUT2D eigenvalue weighted by Gasteiger charge is -2.32. The molecule has 1 atom stereocenters. The fourth-order valence-electron chi connectivity index (χ4n) is 2.61. The molecule has 0 saturated heterocycles. The summed E-state index contributed by atoms with van der Waals surface area (Å²) in [5.74, 6) is 0.834. The normalized spacial score (nSPS) is 20.3. The van der Waals surface area contributed by atoms with Gasteiger partial charge in [0.25, 0.3) is 17.4 Å². The van der Waals surface area contributed by atoms with Crippen LogP contribution in [0.1, 0.15) is 12.5 Å². The molecule has 8 nitrogen and oxygen atoms in total. The van der Waals surface area contributed by atoms with Gasteiger partial charge in [0.05, 0.1) is 0 Å². The van der Waals surface area contributed by atoms with E-state index >= 15 is 0 Å². The minimum atomic E-state index is -1.67. The molecule has 2 amide bonds. The zero-order chi connectivity index (χ0) is 17.4. The van der Waals surface area contributed by atoms with Gasteiger partial charge in [0.2, 0.25) is 6.79 Å². The van der Waals surface area contributed by atoms with Gasteiger partial charge >= 0.3 is 0 Å². The maximum absolute atomic E-state index is 12.6. The molecule has 1 aromatic heterocycles. The number of hydrogen-bond acceptors (Lipinski definition) is 6. The summed E-state index contributed by atoms with van der Waals surface area (Å²) < 4.78 is 16.2. The van der Waals surface area contributed by atoms with Crippen LogP contribution < -0.4 is 24.8 Å². The first-order chi connectivity index (χ1) is 12.1. The minimum Gasteiger partial charge on any atom is -0.464 e. The van der Waals surface area contributed by atoms with Gasteiger partial charge in [-0.05, 0) is 36.8 Å². The quantitative estimate of drug-likeness (QED) is 0.815. The van der Waals surface area contributed by atoms with E-state index in [0.717, 1.165) is 5.56 Å². The van der Waals surface area contributed by atoms with Crippen LogP contribution in [0, 0.1) is 0 Å². The number of carbonyl (C=O) groups is 2. The number of pyridine rings is 1. The Balaban J connectivity index is 1.48. The third kappa shape index (κ3) is 2.61. The molecule has 0 unspecified atom stereocenters. The largest absolute Gasteiger partial charge is 0.464 e. The molecule has 4 rings (SSSR count). The minimum absolute atomic E-state index is 0.185. The Kier molecular flexibility index (Phi) is 3.45. The lowest BCUT2D eigenvalue weighted by atomic mass is 10.0. The van der Waals surface area contributed by atoms with Gasteiger partial charge in [-0.15, -0.1) is 0 Å². The second-order valence-electron chi connectivity index (χ2n) is 5.81. The number of benzene rings is 1. The molecule has 2 N–H and O–H groups in total. The van der Waals surface area contributed by atoms with Gasteiger partial charge in [-0.25, -0.2) is 4.98 Å². The molecule has 2 aromatic rings. The SMILES string of the molecule is C[C@@]1(C(=O)NCc2ccc3c(c2)OCO3)Oc2cccnc2NC1=O. The molecule has 2 aliphatic rings. The van der Waals surface area contributed by atoms with Gasteiger partial charge in [0.1, 0.15) is 0 Å². The van der Waals surface area contributed by atoms with Crippen LogP contribution in [0.3, 0.4) is 0 Å². The zero-order valence-corrected chi connectivity index (χ0v) is 13.4. The molecular weight excluding hydrogens is 326 g/mol. The number of anilines is 1. The van der Waals surface area contributed by atoms with Gasteiger partial charge in [0, 0.05) is 12.7 Å². The number of carbonyl (C=O) groups excluding carboxylic acids is 2. The smallest absolute Gasteiger partial charge is 0.279 e. The second-order valence-corrected chi connectivity index (χ2v) is 5.81. The van der Waals surface area contributed by atoms with Crippen molar-refractivity contribution in [2.75, 3.05) is 12.1 Å². The van der Waals surface area contributed by atoms with Crippen molar-refractivity contribution in [3.8, 4) is 17.2 Å². The molecule has 1 aromatic carbocycles. The van der Waals surface area contributed by atoms with Gasteiger partial charge in [0.15, 0.2) is 23.1 Å². The fourth-order valence-corrected chi connectivity index (χ4v) is 2.61. The van der Waals surface area contributed by atoms with E-state index in [1.807, 2.05) is 6.07 Å². The molecule has 0 aliphatic carbocycles. The highest BCUT2D eigenvalue weighted by molar-refractivity contribution is 6.15. The topological polar surface area (TPSA) is 98.8 Å². The van der Waals surface area contributed by atoms with E-state index in [-0.39, 0.29) is 13.3 Å². The van der Waals surface area contributed by atoms with E-state index in [2.05, 4.69) is 15.6 Å². The predicted molar refractivity (Wildman–Crippen MR) is 86.3 cm³/mol. The van der Waals surface area contributed by atoms with Crippen molar-refractivity contribution < 1.29 is 23.8 Å². The van der Waals surface area contributed by atoms with Gasteiger partial charge < -0.3 is 24.8 Å². The molecule has 8 heteroatoms. The van der Waals surface area contributed by atoms with Crippen LogP contribution in [0.5, 0.6) is 17.2 Å². The van der Waals surface area contributed by atoms with E-state index in [4.69, 9.17) is 14.2 Å². The number of amides is 2. The average Bonchev–Trinajstić information content (AvgIpc) is 3.08. The lowest BCUT2D eigenvalue weighted by Crippen LogP contribution is -2.58. The Labute approximate surface area is 143 Å². The van der Waals surface area contributed by atoms with Crippen molar-refractivity contribution >= 4 is 17.6 Å². The van der Waals surface area contributed by atoms with Gasteiger partial charge in [-0.1, -0.05) is 6.07 Å². The molecular formula is C17H15N3O5.